The lowest BCUT2D eigenvalue weighted by molar-refractivity contribution is 0.0707. The van der Waals surface area contributed by atoms with Gasteiger partial charge in [0, 0.05) is 37.9 Å². The van der Waals surface area contributed by atoms with Crippen molar-refractivity contribution in [3.8, 4) is 0 Å². The van der Waals surface area contributed by atoms with Gasteiger partial charge in [-0.25, -0.2) is 4.98 Å². The van der Waals surface area contributed by atoms with Gasteiger partial charge in [-0.1, -0.05) is 4.49 Å². The molecule has 1 amide bonds. The molecule has 1 saturated heterocycles. The Kier molecular flexibility index (Phi) is 5.80. The number of hydrogen-bond donors (Lipinski definition) is 0. The van der Waals surface area contributed by atoms with Gasteiger partial charge in [-0.05, 0) is 58.4 Å². The van der Waals surface area contributed by atoms with Gasteiger partial charge in [-0.15, -0.1) is 5.10 Å². The van der Waals surface area contributed by atoms with Crippen LogP contribution >= 0.6 is 11.5 Å². The Morgan fingerprint density at radius 3 is 3.00 bits per heavy atom. The van der Waals surface area contributed by atoms with Crippen LogP contribution in [0, 0.1) is 6.92 Å². The van der Waals surface area contributed by atoms with E-state index in [2.05, 4.69) is 44.3 Å². The fourth-order valence-electron chi connectivity index (χ4n) is 3.37. The maximum absolute atomic E-state index is 12.8. The normalized spacial score (nSPS) is 18.1. The average Bonchev–Trinajstić information content (AvgIpc) is 3.23. The van der Waals surface area contributed by atoms with E-state index in [1.54, 1.807) is 0 Å². The largest absolute Gasteiger partial charge is 0.337 e. The van der Waals surface area contributed by atoms with Gasteiger partial charge in [0.05, 0.1) is 5.69 Å². The number of piperidine rings is 1. The van der Waals surface area contributed by atoms with Gasteiger partial charge in [-0.2, -0.15) is 0 Å². The number of amides is 1. The molecule has 0 unspecified atom stereocenters. The van der Waals surface area contributed by atoms with Crippen molar-refractivity contribution in [2.75, 3.05) is 33.7 Å². The first-order valence-corrected chi connectivity index (χ1v) is 9.57. The summed E-state index contributed by atoms with van der Waals surface area (Å²) in [7, 11) is 4.19. The number of aryl methyl sites for hydroxylation is 2. The number of nitrogens with zero attached hydrogens (tertiary/aromatic N) is 6. The lowest BCUT2D eigenvalue weighted by Gasteiger charge is -2.32. The van der Waals surface area contributed by atoms with Crippen LogP contribution in [0.4, 0.5) is 0 Å². The minimum Gasteiger partial charge on any atom is -0.337 e. The molecule has 0 spiro atoms. The van der Waals surface area contributed by atoms with Crippen molar-refractivity contribution in [3.05, 3.63) is 28.8 Å². The maximum Gasteiger partial charge on any atom is 0.267 e. The molecule has 1 aliphatic heterocycles. The number of carbonyl (C=O) groups excluding carboxylic acids is 1. The number of hydrogen-bond acceptors (Lipinski definition) is 6. The topological polar surface area (TPSA) is 67.2 Å². The third-order valence-electron chi connectivity index (χ3n) is 4.67. The lowest BCUT2D eigenvalue weighted by Crippen LogP contribution is -2.39. The molecule has 136 valence electrons. The van der Waals surface area contributed by atoms with Gasteiger partial charge in [0.15, 0.2) is 0 Å². The molecule has 0 aromatic carbocycles. The summed E-state index contributed by atoms with van der Waals surface area (Å²) in [6, 6.07) is 0. The summed E-state index contributed by atoms with van der Waals surface area (Å²) in [6.45, 7) is 5.39. The van der Waals surface area contributed by atoms with Crippen molar-refractivity contribution in [3.63, 3.8) is 0 Å². The number of aromatic nitrogens is 4. The van der Waals surface area contributed by atoms with Crippen LogP contribution in [0.15, 0.2) is 12.4 Å². The van der Waals surface area contributed by atoms with Crippen LogP contribution in [0.3, 0.4) is 0 Å². The van der Waals surface area contributed by atoms with Gasteiger partial charge in [0.25, 0.3) is 5.91 Å². The lowest BCUT2D eigenvalue weighted by atomic mass is 9.97. The Labute approximate surface area is 152 Å². The third-order valence-corrected chi connectivity index (χ3v) is 5.49. The minimum atomic E-state index is 0.0583. The van der Waals surface area contributed by atoms with Gasteiger partial charge < -0.3 is 14.4 Å². The van der Waals surface area contributed by atoms with Gasteiger partial charge >= 0.3 is 0 Å². The van der Waals surface area contributed by atoms with E-state index in [1.165, 1.54) is 11.5 Å². The predicted molar refractivity (Wildman–Crippen MR) is 97.9 cm³/mol. The average molecular weight is 363 g/mol. The second kappa shape index (κ2) is 8.05. The molecule has 3 heterocycles. The van der Waals surface area contributed by atoms with E-state index < -0.39 is 0 Å². The molecule has 0 bridgehead atoms. The Morgan fingerprint density at radius 2 is 2.28 bits per heavy atom. The molecule has 1 atom stereocenters. The van der Waals surface area contributed by atoms with Crippen molar-refractivity contribution in [1.82, 2.24) is 28.9 Å². The molecule has 2 aromatic heterocycles. The molecule has 7 nitrogen and oxygen atoms in total. The summed E-state index contributed by atoms with van der Waals surface area (Å²) >= 11 is 1.19. The minimum absolute atomic E-state index is 0.0583. The zero-order valence-corrected chi connectivity index (χ0v) is 16.0. The molecule has 0 radical (unpaired) electrons. The van der Waals surface area contributed by atoms with Crippen LogP contribution in [-0.2, 0) is 6.54 Å². The number of carbonyl (C=O) groups is 1. The summed E-state index contributed by atoms with van der Waals surface area (Å²) in [5.74, 6) is 1.46. The van der Waals surface area contributed by atoms with E-state index >= 15 is 0 Å². The van der Waals surface area contributed by atoms with E-state index in [0.717, 1.165) is 57.0 Å². The molecule has 0 N–H and O–H groups in total. The van der Waals surface area contributed by atoms with Crippen molar-refractivity contribution in [2.24, 2.45) is 0 Å². The van der Waals surface area contributed by atoms with E-state index in [4.69, 9.17) is 0 Å². The van der Waals surface area contributed by atoms with Gasteiger partial charge in [-0.3, -0.25) is 4.79 Å². The Morgan fingerprint density at radius 1 is 1.44 bits per heavy atom. The summed E-state index contributed by atoms with van der Waals surface area (Å²) in [5, 5.41) is 3.96. The molecule has 3 rings (SSSR count). The maximum atomic E-state index is 12.8. The fraction of sp³-hybridized carbons (Fsp3) is 0.647. The molecule has 1 aliphatic rings. The third kappa shape index (κ3) is 4.24. The molecular formula is C17H26N6OS. The van der Waals surface area contributed by atoms with Crippen molar-refractivity contribution >= 4 is 17.4 Å². The van der Waals surface area contributed by atoms with E-state index in [1.807, 2.05) is 18.0 Å². The zero-order chi connectivity index (χ0) is 17.8. The summed E-state index contributed by atoms with van der Waals surface area (Å²) in [6.07, 6.45) is 7.12. The molecule has 0 aliphatic carbocycles. The Bertz CT molecular complexity index is 710. The monoisotopic (exact) mass is 362 g/mol. The van der Waals surface area contributed by atoms with Crippen LogP contribution in [0.5, 0.6) is 0 Å². The van der Waals surface area contributed by atoms with Gasteiger partial charge in [0.1, 0.15) is 10.7 Å². The van der Waals surface area contributed by atoms with Gasteiger partial charge in [0.2, 0.25) is 0 Å². The van der Waals surface area contributed by atoms with Crippen LogP contribution < -0.4 is 0 Å². The molecule has 25 heavy (non-hydrogen) atoms. The molecule has 2 aromatic rings. The van der Waals surface area contributed by atoms with E-state index in [0.29, 0.717) is 10.8 Å². The first kappa shape index (κ1) is 18.0. The first-order chi connectivity index (χ1) is 12.1. The first-order valence-electron chi connectivity index (χ1n) is 8.80. The quantitative estimate of drug-likeness (QED) is 0.786. The van der Waals surface area contributed by atoms with E-state index in [-0.39, 0.29) is 5.91 Å². The number of likely N-dealkylation sites (tertiary alicyclic amines) is 1. The molecule has 0 saturated carbocycles. The molecule has 1 fully saturated rings. The van der Waals surface area contributed by atoms with Crippen molar-refractivity contribution in [2.45, 2.75) is 38.6 Å². The Balaban J connectivity index is 1.67. The highest BCUT2D eigenvalue weighted by Crippen LogP contribution is 2.27. The van der Waals surface area contributed by atoms with Crippen LogP contribution in [0.25, 0.3) is 0 Å². The highest BCUT2D eigenvalue weighted by molar-refractivity contribution is 7.07. The standard InChI is InChI=1S/C17H26N6OS/c1-13-15(25-20-19-13)17(24)23-9-4-6-14(12-23)16-18-7-11-22(16)10-5-8-21(2)3/h7,11,14H,4-6,8-10,12H2,1-3H3/t14-/m1/s1. The SMILES string of the molecule is Cc1nnsc1C(=O)N1CCC[C@@H](c2nccn2CCCN(C)C)C1. The van der Waals surface area contributed by atoms with Crippen molar-refractivity contribution < 1.29 is 4.79 Å². The summed E-state index contributed by atoms with van der Waals surface area (Å²) in [5.41, 5.74) is 0.724. The van der Waals surface area contributed by atoms with Crippen LogP contribution in [0.1, 0.15) is 46.4 Å². The number of imidazole rings is 1. The highest BCUT2D eigenvalue weighted by Gasteiger charge is 2.29. The summed E-state index contributed by atoms with van der Waals surface area (Å²) < 4.78 is 6.14. The smallest absolute Gasteiger partial charge is 0.267 e. The fourth-order valence-corrected chi connectivity index (χ4v) is 4.00. The van der Waals surface area contributed by atoms with E-state index in [9.17, 15) is 4.79 Å². The van der Waals surface area contributed by atoms with Crippen molar-refractivity contribution in [1.29, 1.82) is 0 Å². The second-order valence-electron chi connectivity index (χ2n) is 6.91. The highest BCUT2D eigenvalue weighted by atomic mass is 32.1. The summed E-state index contributed by atoms with van der Waals surface area (Å²) in [4.78, 5) is 22.2. The second-order valence-corrected chi connectivity index (χ2v) is 7.67. The molecule has 8 heteroatoms. The molecular weight excluding hydrogens is 336 g/mol. The zero-order valence-electron chi connectivity index (χ0n) is 15.2. The van der Waals surface area contributed by atoms with Crippen LogP contribution in [0.2, 0.25) is 0 Å². The predicted octanol–water partition coefficient (Wildman–Crippen LogP) is 2.01. The Hall–Kier alpha value is -1.80. The van der Waals surface area contributed by atoms with Crippen LogP contribution in [-0.4, -0.2) is 68.6 Å². The number of rotatable bonds is 6.